The maximum atomic E-state index is 9.76. The molecule has 0 bridgehead atoms. The summed E-state index contributed by atoms with van der Waals surface area (Å²) in [5, 5.41) is 2.68. The zero-order valence-corrected chi connectivity index (χ0v) is 18.8. The number of nitrogens with one attached hydrogen (secondary N) is 6. The number of sulfonamides is 1. The Kier molecular flexibility index (Phi) is 52.3. The van der Waals surface area contributed by atoms with E-state index in [1.165, 1.54) is 7.05 Å². The van der Waals surface area contributed by atoms with Gasteiger partial charge in [-0.1, -0.05) is 26.7 Å². The van der Waals surface area contributed by atoms with E-state index in [-0.39, 0.29) is 0 Å². The van der Waals surface area contributed by atoms with Crippen molar-refractivity contribution in [3.05, 3.63) is 37.0 Å². The van der Waals surface area contributed by atoms with Crippen molar-refractivity contribution in [2.24, 2.45) is 34.9 Å². The third-order valence-electron chi connectivity index (χ3n) is 1.57. The first kappa shape index (κ1) is 40.7. The molecule has 15 heteroatoms. The van der Waals surface area contributed by atoms with E-state index < -0.39 is 10.0 Å². The van der Waals surface area contributed by atoms with Crippen LogP contribution in [0.25, 0.3) is 0 Å². The van der Waals surface area contributed by atoms with Gasteiger partial charge in [-0.05, 0) is 27.4 Å². The lowest BCUT2D eigenvalue weighted by Gasteiger charge is -1.98. The molecule has 0 aliphatic carbocycles. The quantitative estimate of drug-likeness (QED) is 0.144. The normalized spacial score (nSPS) is 7.71. The van der Waals surface area contributed by atoms with E-state index in [0.717, 1.165) is 24.1 Å². The molecule has 18 N–H and O–H groups in total. The molecule has 0 aromatic heterocycles. The summed E-state index contributed by atoms with van der Waals surface area (Å²) in [4.78, 5) is 1.58. The van der Waals surface area contributed by atoms with Gasteiger partial charge < -0.3 is 27.3 Å². The SMILES string of the molecule is C=C(C)NN.C=C(CC)NN.C=C(NC)NN.CN.CNN.CS(=O)(=O)NN. The highest BCUT2D eigenvalue weighted by molar-refractivity contribution is 7.88. The Morgan fingerprint density at radius 1 is 0.893 bits per heavy atom. The maximum absolute atomic E-state index is 9.76. The molecule has 0 saturated carbocycles. The summed E-state index contributed by atoms with van der Waals surface area (Å²) in [5.41, 5.74) is 15.5. The van der Waals surface area contributed by atoms with Crippen molar-refractivity contribution in [2.45, 2.75) is 20.3 Å². The summed E-state index contributed by atoms with van der Waals surface area (Å²) in [7, 11) is 1.76. The van der Waals surface area contributed by atoms with E-state index in [1.807, 2.05) is 6.92 Å². The van der Waals surface area contributed by atoms with Crippen LogP contribution in [-0.2, 0) is 10.0 Å². The highest BCUT2D eigenvalue weighted by Gasteiger charge is 1.88. The van der Waals surface area contributed by atoms with Gasteiger partial charge in [0.15, 0.2) is 0 Å². The highest BCUT2D eigenvalue weighted by Crippen LogP contribution is 1.83. The van der Waals surface area contributed by atoms with Gasteiger partial charge in [0.05, 0.1) is 6.26 Å². The summed E-state index contributed by atoms with van der Waals surface area (Å²) in [6, 6.07) is 0. The molecular weight excluding hydrogens is 388 g/mol. The third kappa shape index (κ3) is 105. The van der Waals surface area contributed by atoms with Gasteiger partial charge in [0, 0.05) is 18.4 Å². The average molecular weight is 433 g/mol. The number of allylic oxidation sites excluding steroid dienone is 2. The first-order chi connectivity index (χ1) is 12.9. The third-order valence-corrected chi connectivity index (χ3v) is 2.00. The fourth-order valence-electron chi connectivity index (χ4n) is 0.174. The van der Waals surface area contributed by atoms with Crippen LogP contribution in [-0.4, -0.2) is 35.8 Å². The summed E-state index contributed by atoms with van der Waals surface area (Å²) in [6.45, 7) is 14.2. The predicted molar refractivity (Wildman–Crippen MR) is 120 cm³/mol. The van der Waals surface area contributed by atoms with E-state index in [9.17, 15) is 8.42 Å². The largest absolute Gasteiger partial charge is 0.374 e. The summed E-state index contributed by atoms with van der Waals surface area (Å²) in [5.74, 6) is 24.3. The smallest absolute Gasteiger partial charge is 0.221 e. The van der Waals surface area contributed by atoms with Crippen molar-refractivity contribution in [1.29, 1.82) is 0 Å². The molecule has 0 amide bonds. The average Bonchev–Trinajstić information content (AvgIpc) is 2.69. The van der Waals surface area contributed by atoms with Crippen LogP contribution in [0.3, 0.4) is 0 Å². The maximum Gasteiger partial charge on any atom is 0.221 e. The molecule has 0 heterocycles. The zero-order chi connectivity index (χ0) is 24.2. The van der Waals surface area contributed by atoms with Crippen LogP contribution >= 0.6 is 0 Å². The van der Waals surface area contributed by atoms with Crippen LogP contribution in [0.2, 0.25) is 0 Å². The Labute approximate surface area is 170 Å². The lowest BCUT2D eigenvalue weighted by atomic mass is 10.4. The van der Waals surface area contributed by atoms with Crippen molar-refractivity contribution in [3.8, 4) is 0 Å². The Morgan fingerprint density at radius 3 is 1.18 bits per heavy atom. The topological polar surface area (TPSA) is 262 Å². The van der Waals surface area contributed by atoms with Crippen LogP contribution in [0.15, 0.2) is 37.0 Å². The molecule has 0 fully saturated rings. The fraction of sp³-hybridized carbons (Fsp3) is 0.538. The molecule has 0 saturated heterocycles. The van der Waals surface area contributed by atoms with Crippen molar-refractivity contribution in [3.63, 3.8) is 0 Å². The Balaban J connectivity index is -0.0000000536. The number of nitrogens with two attached hydrogens (primary N) is 6. The standard InChI is InChI=1S/C4H10N2.C3H9N3.C3H8N2.CH6N2O2S.CH6N2.CH5N/c1-3-4(2)6-5;1-3(5-2)6-4;1-3(2)5-4;1-6(4,5)3-2;1-3-2;1-2/h6H,2-3,5H2,1H3;5-6H,1,4H2,2H3;5H,1,4H2,2H3;3H,2H2,1H3;3H,2H2,1H3;2H2,1H3. The minimum Gasteiger partial charge on any atom is -0.374 e. The summed E-state index contributed by atoms with van der Waals surface area (Å²) in [6.07, 6.45) is 1.88. The second-order valence-corrected chi connectivity index (χ2v) is 5.86. The predicted octanol–water partition coefficient (Wildman–Crippen LogP) is -3.44. The van der Waals surface area contributed by atoms with Gasteiger partial charge >= 0.3 is 0 Å². The first-order valence-corrected chi connectivity index (χ1v) is 9.48. The monoisotopic (exact) mass is 432 g/mol. The number of rotatable bonds is 6. The summed E-state index contributed by atoms with van der Waals surface area (Å²) < 4.78 is 19.5. The van der Waals surface area contributed by atoms with Gasteiger partial charge in [-0.3, -0.25) is 28.8 Å². The molecule has 0 unspecified atom stereocenters. The molecule has 0 rings (SSSR count). The summed E-state index contributed by atoms with van der Waals surface area (Å²) >= 11 is 0. The van der Waals surface area contributed by atoms with Crippen molar-refractivity contribution >= 4 is 10.0 Å². The second kappa shape index (κ2) is 36.0. The number of hydrazine groups is 5. The number of hydrogen-bond donors (Lipinski definition) is 12. The van der Waals surface area contributed by atoms with Crippen molar-refractivity contribution in [2.75, 3.05) is 27.4 Å². The van der Waals surface area contributed by atoms with Crippen LogP contribution in [0, 0.1) is 0 Å². The molecule has 0 aliphatic heterocycles. The van der Waals surface area contributed by atoms with Crippen molar-refractivity contribution < 1.29 is 8.42 Å². The van der Waals surface area contributed by atoms with Crippen LogP contribution in [0.4, 0.5) is 0 Å². The van der Waals surface area contributed by atoms with Gasteiger partial charge in [-0.25, -0.2) is 14.3 Å². The minimum absolute atomic E-state index is 0.620. The molecule has 0 spiro atoms. The van der Waals surface area contributed by atoms with E-state index in [4.69, 9.17) is 17.5 Å². The van der Waals surface area contributed by atoms with Crippen molar-refractivity contribution in [1.82, 2.24) is 31.9 Å². The minimum atomic E-state index is -3.13. The molecule has 174 valence electrons. The Morgan fingerprint density at radius 2 is 1.18 bits per heavy atom. The molecule has 0 atom stereocenters. The Bertz CT molecular complexity index is 401. The zero-order valence-electron chi connectivity index (χ0n) is 18.0. The highest BCUT2D eigenvalue weighted by atomic mass is 32.2. The van der Waals surface area contributed by atoms with Crippen LogP contribution in [0.5, 0.6) is 0 Å². The first-order valence-electron chi connectivity index (χ1n) is 7.59. The van der Waals surface area contributed by atoms with Gasteiger partial charge in [-0.15, -0.1) is 0 Å². The molecule has 28 heavy (non-hydrogen) atoms. The van der Waals surface area contributed by atoms with Gasteiger partial charge in [0.2, 0.25) is 10.0 Å². The molecular formula is C13H44N12O2S. The van der Waals surface area contributed by atoms with Gasteiger partial charge in [-0.2, -0.15) is 4.83 Å². The lowest BCUT2D eigenvalue weighted by molar-refractivity contribution is 0.590. The van der Waals surface area contributed by atoms with E-state index in [2.05, 4.69) is 64.2 Å². The van der Waals surface area contributed by atoms with Crippen LogP contribution in [0.1, 0.15) is 20.3 Å². The number of hydrogen-bond acceptors (Lipinski definition) is 13. The van der Waals surface area contributed by atoms with E-state index in [0.29, 0.717) is 5.82 Å². The molecule has 0 aromatic rings. The Hall–Kier alpha value is -1.95. The molecule has 0 aliphatic rings. The van der Waals surface area contributed by atoms with Gasteiger partial charge in [0.25, 0.3) is 0 Å². The van der Waals surface area contributed by atoms with E-state index in [1.54, 1.807) is 25.9 Å². The van der Waals surface area contributed by atoms with Crippen LogP contribution < -0.4 is 66.8 Å². The fourth-order valence-corrected chi connectivity index (χ4v) is 0.174. The molecule has 0 aromatic carbocycles. The van der Waals surface area contributed by atoms with Gasteiger partial charge in [0.1, 0.15) is 5.82 Å². The second-order valence-electron chi connectivity index (χ2n) is 4.08. The lowest BCUT2D eigenvalue weighted by Crippen LogP contribution is -2.28. The molecule has 14 nitrogen and oxygen atoms in total. The van der Waals surface area contributed by atoms with E-state index >= 15 is 0 Å². The molecule has 0 radical (unpaired) electrons.